The predicted molar refractivity (Wildman–Crippen MR) is 98.3 cm³/mol. The maximum absolute atomic E-state index is 13.8. The number of rotatable bonds is 7. The van der Waals surface area contributed by atoms with E-state index in [1.807, 2.05) is 24.3 Å². The Balaban J connectivity index is 1.60. The number of esters is 1. The molecule has 1 aliphatic carbocycles. The molecule has 1 saturated carbocycles. The van der Waals surface area contributed by atoms with Crippen LogP contribution in [0.2, 0.25) is 5.02 Å². The van der Waals surface area contributed by atoms with Crippen molar-refractivity contribution in [3.63, 3.8) is 0 Å². The number of amides is 1. The molecule has 2 aromatic carbocycles. The van der Waals surface area contributed by atoms with E-state index in [4.69, 9.17) is 21.1 Å². The molecule has 0 heterocycles. The third-order valence-corrected chi connectivity index (χ3v) is 4.53. The quantitative estimate of drug-likeness (QED) is 0.673. The Hall–Kier alpha value is -2.60. The van der Waals surface area contributed by atoms with Crippen LogP contribution in [0.15, 0.2) is 42.5 Å². The van der Waals surface area contributed by atoms with Gasteiger partial charge in [0.15, 0.2) is 6.61 Å². The van der Waals surface area contributed by atoms with Gasteiger partial charge in [0.05, 0.1) is 12.7 Å². The molecule has 7 heteroatoms. The topological polar surface area (TPSA) is 55.8 Å². The summed E-state index contributed by atoms with van der Waals surface area (Å²) < 4.78 is 23.9. The maximum Gasteiger partial charge on any atom is 0.341 e. The lowest BCUT2D eigenvalue weighted by atomic mass is 10.2. The molecule has 0 radical (unpaired) electrons. The molecule has 0 saturated heterocycles. The van der Waals surface area contributed by atoms with E-state index in [0.29, 0.717) is 6.54 Å². The van der Waals surface area contributed by atoms with Gasteiger partial charge in [-0.05, 0) is 48.7 Å². The second-order valence-corrected chi connectivity index (χ2v) is 6.74. The predicted octanol–water partition coefficient (Wildman–Crippen LogP) is 3.84. The second kappa shape index (κ2) is 8.39. The van der Waals surface area contributed by atoms with Crippen LogP contribution in [0, 0.1) is 5.82 Å². The molecule has 3 rings (SSSR count). The van der Waals surface area contributed by atoms with Gasteiger partial charge >= 0.3 is 5.97 Å². The molecular formula is C20H19ClFNO4. The molecule has 27 heavy (non-hydrogen) atoms. The van der Waals surface area contributed by atoms with Gasteiger partial charge in [0.25, 0.3) is 5.91 Å². The highest BCUT2D eigenvalue weighted by Crippen LogP contribution is 2.29. The first-order chi connectivity index (χ1) is 13.0. The fourth-order valence-corrected chi connectivity index (χ4v) is 2.84. The Morgan fingerprint density at radius 2 is 1.89 bits per heavy atom. The fraction of sp³-hybridized carbons (Fsp3) is 0.300. The van der Waals surface area contributed by atoms with Crippen LogP contribution in [0.5, 0.6) is 5.75 Å². The summed E-state index contributed by atoms with van der Waals surface area (Å²) in [7, 11) is 1.59. The van der Waals surface area contributed by atoms with Crippen molar-refractivity contribution in [1.82, 2.24) is 4.90 Å². The highest BCUT2D eigenvalue weighted by atomic mass is 35.5. The van der Waals surface area contributed by atoms with Crippen molar-refractivity contribution in [2.45, 2.75) is 25.4 Å². The van der Waals surface area contributed by atoms with Crippen LogP contribution in [-0.2, 0) is 16.1 Å². The van der Waals surface area contributed by atoms with Crippen LogP contribution in [0.4, 0.5) is 4.39 Å². The highest BCUT2D eigenvalue weighted by molar-refractivity contribution is 6.30. The number of carbonyl (C=O) groups is 2. The van der Waals surface area contributed by atoms with Crippen molar-refractivity contribution >= 4 is 23.5 Å². The first-order valence-corrected chi connectivity index (χ1v) is 8.90. The van der Waals surface area contributed by atoms with Gasteiger partial charge in [-0.3, -0.25) is 4.79 Å². The van der Waals surface area contributed by atoms with Crippen molar-refractivity contribution in [1.29, 1.82) is 0 Å². The Morgan fingerprint density at radius 3 is 2.48 bits per heavy atom. The number of methoxy groups -OCH3 is 1. The summed E-state index contributed by atoms with van der Waals surface area (Å²) in [5, 5.41) is 0.180. The zero-order valence-corrected chi connectivity index (χ0v) is 15.5. The summed E-state index contributed by atoms with van der Waals surface area (Å²) in [6.45, 7) is -0.0199. The number of hydrogen-bond acceptors (Lipinski definition) is 4. The van der Waals surface area contributed by atoms with E-state index >= 15 is 0 Å². The van der Waals surface area contributed by atoms with Gasteiger partial charge in [-0.1, -0.05) is 23.7 Å². The average Bonchev–Trinajstić information content (AvgIpc) is 3.49. The molecule has 1 aliphatic rings. The first kappa shape index (κ1) is 19.2. The van der Waals surface area contributed by atoms with Gasteiger partial charge < -0.3 is 14.4 Å². The van der Waals surface area contributed by atoms with E-state index in [1.54, 1.807) is 12.0 Å². The van der Waals surface area contributed by atoms with Crippen LogP contribution < -0.4 is 4.74 Å². The smallest absolute Gasteiger partial charge is 0.341 e. The summed E-state index contributed by atoms with van der Waals surface area (Å²) in [4.78, 5) is 26.3. The summed E-state index contributed by atoms with van der Waals surface area (Å²) in [6, 6.07) is 11.2. The molecule has 0 atom stereocenters. The van der Waals surface area contributed by atoms with E-state index in [0.717, 1.165) is 30.2 Å². The lowest BCUT2D eigenvalue weighted by molar-refractivity contribution is -0.135. The number of nitrogens with zero attached hydrogens (tertiary/aromatic N) is 1. The summed E-state index contributed by atoms with van der Waals surface area (Å²) in [5.74, 6) is -1.24. The molecule has 0 aliphatic heterocycles. The number of hydrogen-bond donors (Lipinski definition) is 0. The van der Waals surface area contributed by atoms with Crippen molar-refractivity contribution in [3.8, 4) is 5.75 Å². The molecular weight excluding hydrogens is 373 g/mol. The average molecular weight is 392 g/mol. The normalized spacial score (nSPS) is 13.1. The van der Waals surface area contributed by atoms with E-state index in [2.05, 4.69) is 0 Å². The van der Waals surface area contributed by atoms with Crippen molar-refractivity contribution in [2.75, 3.05) is 13.7 Å². The molecule has 0 unspecified atom stereocenters. The lowest BCUT2D eigenvalue weighted by Gasteiger charge is -2.22. The summed E-state index contributed by atoms with van der Waals surface area (Å²) in [5.41, 5.74) is 0.700. The van der Waals surface area contributed by atoms with Crippen LogP contribution in [0.3, 0.4) is 0 Å². The third-order valence-electron chi connectivity index (χ3n) is 4.30. The fourth-order valence-electron chi connectivity index (χ4n) is 2.68. The molecule has 1 amide bonds. The molecule has 0 spiro atoms. The van der Waals surface area contributed by atoms with E-state index in [-0.39, 0.29) is 22.5 Å². The standard InChI is InChI=1S/C20H19ClFNO4/c1-26-16-7-2-13(3-8-16)11-23(15-5-6-15)19(24)12-27-20(25)17-9-4-14(21)10-18(17)22/h2-4,7-10,15H,5-6,11-12H2,1H3. The summed E-state index contributed by atoms with van der Waals surface area (Å²) >= 11 is 5.67. The minimum Gasteiger partial charge on any atom is -0.497 e. The largest absolute Gasteiger partial charge is 0.497 e. The van der Waals surface area contributed by atoms with Gasteiger partial charge in [0.2, 0.25) is 0 Å². The van der Waals surface area contributed by atoms with Gasteiger partial charge in [-0.25, -0.2) is 9.18 Å². The summed E-state index contributed by atoms with van der Waals surface area (Å²) in [6.07, 6.45) is 1.84. The van der Waals surface area contributed by atoms with Gasteiger partial charge in [-0.2, -0.15) is 0 Å². The van der Waals surface area contributed by atoms with E-state index in [9.17, 15) is 14.0 Å². The number of carbonyl (C=O) groups excluding carboxylic acids is 2. The van der Waals surface area contributed by atoms with Crippen molar-refractivity contribution in [3.05, 3.63) is 64.4 Å². The van der Waals surface area contributed by atoms with Crippen LogP contribution in [0.25, 0.3) is 0 Å². The zero-order chi connectivity index (χ0) is 19.4. The Bertz CT molecular complexity index is 836. The minimum absolute atomic E-state index is 0.144. The number of halogens is 2. The van der Waals surface area contributed by atoms with Crippen LogP contribution in [0.1, 0.15) is 28.8 Å². The number of ether oxygens (including phenoxy) is 2. The Kier molecular flexibility index (Phi) is 5.96. The molecule has 0 aromatic heterocycles. The van der Waals surface area contributed by atoms with E-state index in [1.165, 1.54) is 12.1 Å². The third kappa shape index (κ3) is 4.98. The SMILES string of the molecule is COc1ccc(CN(C(=O)COC(=O)c2ccc(Cl)cc2F)C2CC2)cc1. The van der Waals surface area contributed by atoms with Crippen molar-refractivity contribution in [2.24, 2.45) is 0 Å². The molecule has 1 fully saturated rings. The van der Waals surface area contributed by atoms with Gasteiger partial charge in [0, 0.05) is 17.6 Å². The molecule has 2 aromatic rings. The Labute approximate surface area is 161 Å². The monoisotopic (exact) mass is 391 g/mol. The minimum atomic E-state index is -0.891. The number of benzene rings is 2. The van der Waals surface area contributed by atoms with Crippen LogP contribution in [-0.4, -0.2) is 36.5 Å². The zero-order valence-electron chi connectivity index (χ0n) is 14.8. The lowest BCUT2D eigenvalue weighted by Crippen LogP contribution is -2.36. The molecule has 5 nitrogen and oxygen atoms in total. The van der Waals surface area contributed by atoms with Crippen molar-refractivity contribution < 1.29 is 23.5 Å². The first-order valence-electron chi connectivity index (χ1n) is 8.52. The Morgan fingerprint density at radius 1 is 1.19 bits per heavy atom. The van der Waals surface area contributed by atoms with E-state index < -0.39 is 18.4 Å². The highest BCUT2D eigenvalue weighted by Gasteiger charge is 2.33. The molecule has 142 valence electrons. The maximum atomic E-state index is 13.8. The van der Waals surface area contributed by atoms with Gasteiger partial charge in [-0.15, -0.1) is 0 Å². The molecule has 0 bridgehead atoms. The molecule has 0 N–H and O–H groups in total. The van der Waals surface area contributed by atoms with Crippen LogP contribution >= 0.6 is 11.6 Å². The van der Waals surface area contributed by atoms with Gasteiger partial charge in [0.1, 0.15) is 11.6 Å². The second-order valence-electron chi connectivity index (χ2n) is 6.30.